The SMILES string of the molecule is Cn1ccn(Cn2cc[n+](C)c2)c1=S. The lowest BCUT2D eigenvalue weighted by Gasteiger charge is -1.97. The minimum atomic E-state index is 0.764. The number of aryl methyl sites for hydroxylation is 2. The van der Waals surface area contributed by atoms with Gasteiger partial charge in [-0.2, -0.15) is 0 Å². The third kappa shape index (κ3) is 1.63. The summed E-state index contributed by atoms with van der Waals surface area (Å²) in [4.78, 5) is 0. The van der Waals surface area contributed by atoms with Crippen molar-refractivity contribution in [3.8, 4) is 0 Å². The summed E-state index contributed by atoms with van der Waals surface area (Å²) in [6.07, 6.45) is 10.0. The smallest absolute Gasteiger partial charge is 0.245 e. The molecule has 0 bridgehead atoms. The second kappa shape index (κ2) is 3.42. The van der Waals surface area contributed by atoms with Gasteiger partial charge in [-0.3, -0.25) is 4.57 Å². The predicted molar refractivity (Wildman–Crippen MR) is 55.2 cm³/mol. The monoisotopic (exact) mass is 209 g/mol. The number of nitrogens with zero attached hydrogens (tertiary/aromatic N) is 4. The maximum Gasteiger partial charge on any atom is 0.245 e. The Labute approximate surface area is 87.6 Å². The highest BCUT2D eigenvalue weighted by atomic mass is 32.1. The molecule has 2 heterocycles. The molecule has 2 aromatic rings. The topological polar surface area (TPSA) is 18.7 Å². The van der Waals surface area contributed by atoms with Gasteiger partial charge in [-0.15, -0.1) is 0 Å². The van der Waals surface area contributed by atoms with Gasteiger partial charge in [-0.1, -0.05) is 0 Å². The fourth-order valence-corrected chi connectivity index (χ4v) is 1.56. The van der Waals surface area contributed by atoms with Gasteiger partial charge in [0, 0.05) is 19.4 Å². The molecule has 0 aromatic carbocycles. The van der Waals surface area contributed by atoms with Crippen molar-refractivity contribution in [2.24, 2.45) is 14.1 Å². The van der Waals surface area contributed by atoms with Gasteiger partial charge >= 0.3 is 0 Å². The van der Waals surface area contributed by atoms with Gasteiger partial charge in [-0.25, -0.2) is 9.13 Å². The summed E-state index contributed by atoms with van der Waals surface area (Å²) in [7, 11) is 3.95. The lowest BCUT2D eigenvalue weighted by atomic mass is 10.8. The predicted octanol–water partition coefficient (Wildman–Crippen LogP) is 0.688. The Balaban J connectivity index is 2.27. The summed E-state index contributed by atoms with van der Waals surface area (Å²) >= 11 is 5.24. The number of rotatable bonds is 2. The van der Waals surface area contributed by atoms with Crippen LogP contribution in [-0.2, 0) is 20.8 Å². The Morgan fingerprint density at radius 1 is 1.36 bits per heavy atom. The summed E-state index contributed by atoms with van der Waals surface area (Å²) < 4.78 is 8.87. The molecule has 0 saturated carbocycles. The van der Waals surface area contributed by atoms with E-state index in [1.54, 1.807) is 0 Å². The van der Waals surface area contributed by atoms with Crippen LogP contribution in [0.3, 0.4) is 0 Å². The zero-order valence-corrected chi connectivity index (χ0v) is 9.11. The van der Waals surface area contributed by atoms with Crippen molar-refractivity contribution in [1.82, 2.24) is 13.7 Å². The van der Waals surface area contributed by atoms with Gasteiger partial charge in [0.05, 0.1) is 7.05 Å². The first-order valence-corrected chi connectivity index (χ1v) is 4.80. The van der Waals surface area contributed by atoms with Gasteiger partial charge < -0.3 is 4.57 Å². The van der Waals surface area contributed by atoms with Crippen molar-refractivity contribution >= 4 is 12.2 Å². The van der Waals surface area contributed by atoms with Crippen LogP contribution in [0.5, 0.6) is 0 Å². The molecule has 0 radical (unpaired) electrons. The average molecular weight is 209 g/mol. The quantitative estimate of drug-likeness (QED) is 0.526. The molecule has 14 heavy (non-hydrogen) atoms. The molecule has 0 amide bonds. The highest BCUT2D eigenvalue weighted by Crippen LogP contribution is 1.96. The Hall–Kier alpha value is -1.36. The van der Waals surface area contributed by atoms with Crippen molar-refractivity contribution in [3.05, 3.63) is 35.9 Å². The van der Waals surface area contributed by atoms with Gasteiger partial charge in [-0.05, 0) is 12.2 Å². The molecular weight excluding hydrogens is 196 g/mol. The van der Waals surface area contributed by atoms with Gasteiger partial charge in [0.1, 0.15) is 12.4 Å². The van der Waals surface area contributed by atoms with E-state index in [0.29, 0.717) is 0 Å². The Morgan fingerprint density at radius 3 is 2.64 bits per heavy atom. The average Bonchev–Trinajstić information content (AvgIpc) is 2.67. The molecule has 0 unspecified atom stereocenters. The van der Waals surface area contributed by atoms with Gasteiger partial charge in [0.2, 0.25) is 6.33 Å². The van der Waals surface area contributed by atoms with Gasteiger partial charge in [0.15, 0.2) is 11.4 Å². The summed E-state index contributed by atoms with van der Waals surface area (Å²) in [6.45, 7) is 0.764. The van der Waals surface area contributed by atoms with Crippen molar-refractivity contribution < 1.29 is 4.57 Å². The van der Waals surface area contributed by atoms with Crippen LogP contribution in [0.4, 0.5) is 0 Å². The summed E-state index contributed by atoms with van der Waals surface area (Å²) in [6, 6.07) is 0. The first-order valence-electron chi connectivity index (χ1n) is 4.39. The van der Waals surface area contributed by atoms with Crippen molar-refractivity contribution in [2.75, 3.05) is 0 Å². The van der Waals surface area contributed by atoms with E-state index in [9.17, 15) is 0 Å². The highest BCUT2D eigenvalue weighted by Gasteiger charge is 2.02. The summed E-state index contributed by atoms with van der Waals surface area (Å²) in [5, 5.41) is 0. The van der Waals surface area contributed by atoms with E-state index in [4.69, 9.17) is 12.2 Å². The second-order valence-corrected chi connectivity index (χ2v) is 3.76. The maximum absolute atomic E-state index is 5.24. The minimum Gasteiger partial charge on any atom is -0.327 e. The molecule has 2 aromatic heterocycles. The minimum absolute atomic E-state index is 0.764. The molecule has 0 aliphatic rings. The van der Waals surface area contributed by atoms with Crippen molar-refractivity contribution in [3.63, 3.8) is 0 Å². The fraction of sp³-hybridized carbons (Fsp3) is 0.333. The fourth-order valence-electron chi connectivity index (χ4n) is 1.38. The summed E-state index contributed by atoms with van der Waals surface area (Å²) in [5.41, 5.74) is 0. The molecule has 0 N–H and O–H groups in total. The second-order valence-electron chi connectivity index (χ2n) is 3.40. The number of aromatic nitrogens is 4. The maximum atomic E-state index is 5.24. The lowest BCUT2D eigenvalue weighted by Crippen LogP contribution is -2.24. The van der Waals surface area contributed by atoms with E-state index >= 15 is 0 Å². The zero-order valence-electron chi connectivity index (χ0n) is 8.29. The molecule has 74 valence electrons. The van der Waals surface area contributed by atoms with Crippen LogP contribution >= 0.6 is 12.2 Å². The zero-order chi connectivity index (χ0) is 10.1. The van der Waals surface area contributed by atoms with E-state index in [0.717, 1.165) is 11.4 Å². The molecule has 0 fully saturated rings. The number of hydrogen-bond donors (Lipinski definition) is 0. The van der Waals surface area contributed by atoms with Crippen LogP contribution in [-0.4, -0.2) is 13.7 Å². The molecule has 0 saturated heterocycles. The largest absolute Gasteiger partial charge is 0.327 e. The van der Waals surface area contributed by atoms with E-state index in [-0.39, 0.29) is 0 Å². The number of hydrogen-bond acceptors (Lipinski definition) is 1. The van der Waals surface area contributed by atoms with Crippen LogP contribution in [0.1, 0.15) is 0 Å². The van der Waals surface area contributed by atoms with Crippen LogP contribution < -0.4 is 4.57 Å². The lowest BCUT2D eigenvalue weighted by molar-refractivity contribution is -0.671. The Kier molecular flexibility index (Phi) is 2.25. The van der Waals surface area contributed by atoms with E-state index in [1.165, 1.54) is 0 Å². The highest BCUT2D eigenvalue weighted by molar-refractivity contribution is 7.71. The molecule has 4 nitrogen and oxygen atoms in total. The molecule has 0 spiro atoms. The van der Waals surface area contributed by atoms with Crippen LogP contribution in [0.2, 0.25) is 0 Å². The molecular formula is C9H13N4S+. The normalized spacial score (nSPS) is 10.7. The molecule has 2 rings (SSSR count). The third-order valence-electron chi connectivity index (χ3n) is 2.16. The van der Waals surface area contributed by atoms with Crippen LogP contribution in [0.15, 0.2) is 31.1 Å². The summed E-state index contributed by atoms with van der Waals surface area (Å²) in [5.74, 6) is 0. The van der Waals surface area contributed by atoms with E-state index in [1.807, 2.05) is 58.9 Å². The Bertz CT molecular complexity index is 491. The van der Waals surface area contributed by atoms with Crippen LogP contribution in [0, 0.1) is 4.77 Å². The van der Waals surface area contributed by atoms with Crippen LogP contribution in [0.25, 0.3) is 0 Å². The first-order chi connectivity index (χ1) is 6.66. The van der Waals surface area contributed by atoms with Gasteiger partial charge in [0.25, 0.3) is 0 Å². The molecule has 5 heteroatoms. The Morgan fingerprint density at radius 2 is 2.14 bits per heavy atom. The van der Waals surface area contributed by atoms with E-state index < -0.39 is 0 Å². The standard InChI is InChI=1S/C9H13N4S/c1-10-3-5-12(7-10)8-13-6-4-11(2)9(13)14/h3-7H,8H2,1-2H3/q+1. The van der Waals surface area contributed by atoms with Crippen molar-refractivity contribution in [2.45, 2.75) is 6.67 Å². The molecule has 0 aliphatic heterocycles. The number of imidazole rings is 2. The van der Waals surface area contributed by atoms with Crippen molar-refractivity contribution in [1.29, 1.82) is 0 Å². The van der Waals surface area contributed by atoms with E-state index in [2.05, 4.69) is 4.57 Å². The third-order valence-corrected chi connectivity index (χ3v) is 2.68. The molecule has 0 atom stereocenters. The first kappa shape index (κ1) is 9.21. The molecule has 0 aliphatic carbocycles.